The van der Waals surface area contributed by atoms with Gasteiger partial charge in [-0.25, -0.2) is 4.98 Å². The summed E-state index contributed by atoms with van der Waals surface area (Å²) < 4.78 is 0. The number of amides is 1. The summed E-state index contributed by atoms with van der Waals surface area (Å²) in [7, 11) is 0. The molecule has 5 nitrogen and oxygen atoms in total. The third-order valence-corrected chi connectivity index (χ3v) is 3.83. The van der Waals surface area contributed by atoms with Crippen molar-refractivity contribution in [2.75, 3.05) is 16.8 Å². The molecule has 20 heavy (non-hydrogen) atoms. The van der Waals surface area contributed by atoms with Crippen LogP contribution in [0.4, 0.5) is 11.4 Å². The summed E-state index contributed by atoms with van der Waals surface area (Å²) in [6.07, 6.45) is 4.69. The van der Waals surface area contributed by atoms with Gasteiger partial charge >= 0.3 is 0 Å². The van der Waals surface area contributed by atoms with Crippen LogP contribution in [0.1, 0.15) is 12.8 Å². The number of carbonyl (C=O) groups excluding carboxylic acids is 1. The highest BCUT2D eigenvalue weighted by molar-refractivity contribution is 7.99. The summed E-state index contributed by atoms with van der Waals surface area (Å²) in [6, 6.07) is 5.02. The molecule has 4 N–H and O–H groups in total. The van der Waals surface area contributed by atoms with E-state index >= 15 is 0 Å². The molecule has 0 bridgehead atoms. The maximum absolute atomic E-state index is 11.8. The molecule has 1 heterocycles. The Kier molecular flexibility index (Phi) is 5.31. The number of nitrogens with two attached hydrogens (primary N) is 1. The second-order valence-electron chi connectivity index (χ2n) is 4.13. The lowest BCUT2D eigenvalue weighted by Gasteiger charge is -2.07. The molecule has 0 spiro atoms. The van der Waals surface area contributed by atoms with Gasteiger partial charge in [-0.15, -0.1) is 0 Å². The highest BCUT2D eigenvalue weighted by Crippen LogP contribution is 2.24. The fourth-order valence-corrected chi connectivity index (χ4v) is 2.58. The number of benzene rings is 1. The molecular formula is C13H15ClN4OS. The molecule has 7 heteroatoms. The molecule has 106 valence electrons. The molecule has 0 atom stereocenters. The number of H-pyrrole nitrogens is 1. The largest absolute Gasteiger partial charge is 0.399 e. The number of hydrogen-bond donors (Lipinski definition) is 3. The van der Waals surface area contributed by atoms with Crippen LogP contribution in [0.5, 0.6) is 0 Å². The van der Waals surface area contributed by atoms with Gasteiger partial charge in [-0.3, -0.25) is 4.79 Å². The Morgan fingerprint density at radius 1 is 1.50 bits per heavy atom. The number of nitrogens with zero attached hydrogens (tertiary/aromatic N) is 1. The van der Waals surface area contributed by atoms with Crippen molar-refractivity contribution in [2.24, 2.45) is 0 Å². The van der Waals surface area contributed by atoms with Gasteiger partial charge in [0.15, 0.2) is 5.16 Å². The first-order valence-corrected chi connectivity index (χ1v) is 7.48. The van der Waals surface area contributed by atoms with Crippen molar-refractivity contribution in [3.8, 4) is 0 Å². The zero-order chi connectivity index (χ0) is 14.4. The van der Waals surface area contributed by atoms with Gasteiger partial charge in [-0.1, -0.05) is 23.4 Å². The van der Waals surface area contributed by atoms with Gasteiger partial charge in [0.25, 0.3) is 0 Å². The number of rotatable bonds is 6. The van der Waals surface area contributed by atoms with Gasteiger partial charge in [0.1, 0.15) is 0 Å². The van der Waals surface area contributed by atoms with E-state index in [2.05, 4.69) is 15.3 Å². The van der Waals surface area contributed by atoms with Crippen LogP contribution < -0.4 is 11.1 Å². The standard InChI is InChI=1S/C13H15ClN4OS/c14-10-8-9(15)3-4-11(10)18-12(19)2-1-7-20-13-16-5-6-17-13/h3-6,8H,1-2,7,15H2,(H,16,17)(H,18,19). The highest BCUT2D eigenvalue weighted by atomic mass is 35.5. The Hall–Kier alpha value is -1.66. The number of nitrogens with one attached hydrogen (secondary N) is 2. The highest BCUT2D eigenvalue weighted by Gasteiger charge is 2.06. The quantitative estimate of drug-likeness (QED) is 0.435. The number of nitrogen functional groups attached to an aromatic ring is 1. The van der Waals surface area contributed by atoms with Crippen LogP contribution in [0.2, 0.25) is 5.02 Å². The maximum Gasteiger partial charge on any atom is 0.224 e. The zero-order valence-corrected chi connectivity index (χ0v) is 12.3. The van der Waals surface area contributed by atoms with Gasteiger partial charge in [0, 0.05) is 30.3 Å². The van der Waals surface area contributed by atoms with E-state index in [1.165, 1.54) is 0 Å². The number of thioether (sulfide) groups is 1. The van der Waals surface area contributed by atoms with Crippen molar-refractivity contribution in [1.82, 2.24) is 9.97 Å². The van der Waals surface area contributed by atoms with Crippen molar-refractivity contribution in [3.05, 3.63) is 35.6 Å². The normalized spacial score (nSPS) is 10.4. The molecule has 1 aromatic carbocycles. The van der Waals surface area contributed by atoms with Gasteiger partial charge in [-0.2, -0.15) is 0 Å². The lowest BCUT2D eigenvalue weighted by Crippen LogP contribution is -2.11. The van der Waals surface area contributed by atoms with Crippen LogP contribution in [-0.4, -0.2) is 21.6 Å². The molecule has 2 rings (SSSR count). The predicted molar refractivity (Wildman–Crippen MR) is 83.0 cm³/mol. The van der Waals surface area contributed by atoms with Crippen LogP contribution >= 0.6 is 23.4 Å². The van der Waals surface area contributed by atoms with E-state index in [1.807, 2.05) is 0 Å². The Balaban J connectivity index is 1.72. The van der Waals surface area contributed by atoms with E-state index in [4.69, 9.17) is 17.3 Å². The summed E-state index contributed by atoms with van der Waals surface area (Å²) in [5.74, 6) is 0.771. The average Bonchev–Trinajstić information content (AvgIpc) is 2.91. The summed E-state index contributed by atoms with van der Waals surface area (Å²) in [5.41, 5.74) is 6.75. The summed E-state index contributed by atoms with van der Waals surface area (Å²) in [5, 5.41) is 4.09. The molecule has 0 aliphatic heterocycles. The smallest absolute Gasteiger partial charge is 0.224 e. The second kappa shape index (κ2) is 7.21. The first kappa shape index (κ1) is 14.7. The maximum atomic E-state index is 11.8. The number of carbonyl (C=O) groups is 1. The molecular weight excluding hydrogens is 296 g/mol. The molecule has 0 saturated heterocycles. The summed E-state index contributed by atoms with van der Waals surface area (Å²) in [4.78, 5) is 18.9. The minimum atomic E-state index is -0.0586. The number of imidazole rings is 1. The molecule has 0 saturated carbocycles. The van der Waals surface area contributed by atoms with Gasteiger partial charge < -0.3 is 16.0 Å². The summed E-state index contributed by atoms with van der Waals surface area (Å²) in [6.45, 7) is 0. The van der Waals surface area contributed by atoms with Gasteiger partial charge in [0.2, 0.25) is 5.91 Å². The minimum Gasteiger partial charge on any atom is -0.399 e. The molecule has 1 aromatic heterocycles. The third-order valence-electron chi connectivity index (χ3n) is 2.53. The van der Waals surface area contributed by atoms with E-state index < -0.39 is 0 Å². The van der Waals surface area contributed by atoms with E-state index in [0.717, 1.165) is 17.3 Å². The van der Waals surface area contributed by atoms with E-state index in [-0.39, 0.29) is 5.91 Å². The molecule has 0 aliphatic carbocycles. The molecule has 1 amide bonds. The average molecular weight is 311 g/mol. The number of anilines is 2. The van der Waals surface area contributed by atoms with E-state index in [0.29, 0.717) is 22.8 Å². The van der Waals surface area contributed by atoms with Gasteiger partial charge in [0.05, 0.1) is 10.7 Å². The first-order chi connectivity index (χ1) is 9.65. The lowest BCUT2D eigenvalue weighted by atomic mass is 10.2. The Morgan fingerprint density at radius 2 is 2.35 bits per heavy atom. The topological polar surface area (TPSA) is 83.8 Å². The molecule has 0 aliphatic rings. The molecule has 0 fully saturated rings. The first-order valence-electron chi connectivity index (χ1n) is 6.12. The van der Waals surface area contributed by atoms with Crippen molar-refractivity contribution >= 4 is 40.6 Å². The molecule has 2 aromatic rings. The van der Waals surface area contributed by atoms with Crippen LogP contribution in [0, 0.1) is 0 Å². The van der Waals surface area contributed by atoms with Crippen LogP contribution in [0.15, 0.2) is 35.7 Å². The lowest BCUT2D eigenvalue weighted by molar-refractivity contribution is -0.116. The molecule has 0 radical (unpaired) electrons. The number of aromatic amines is 1. The number of halogens is 1. The Bertz CT molecular complexity index is 574. The third kappa shape index (κ3) is 4.47. The Labute approximate surface area is 126 Å². The minimum absolute atomic E-state index is 0.0586. The Morgan fingerprint density at radius 3 is 3.05 bits per heavy atom. The van der Waals surface area contributed by atoms with Crippen molar-refractivity contribution in [2.45, 2.75) is 18.0 Å². The van der Waals surface area contributed by atoms with Gasteiger partial charge in [-0.05, 0) is 24.6 Å². The van der Waals surface area contributed by atoms with Crippen LogP contribution in [0.3, 0.4) is 0 Å². The molecule has 0 unspecified atom stereocenters. The SMILES string of the molecule is Nc1ccc(NC(=O)CCCSc2ncc[nH]2)c(Cl)c1. The van der Waals surface area contributed by atoms with Crippen molar-refractivity contribution in [3.63, 3.8) is 0 Å². The predicted octanol–water partition coefficient (Wildman–Crippen LogP) is 3.16. The van der Waals surface area contributed by atoms with Crippen LogP contribution in [0.25, 0.3) is 0 Å². The fraction of sp³-hybridized carbons (Fsp3) is 0.231. The van der Waals surface area contributed by atoms with Crippen LogP contribution in [-0.2, 0) is 4.79 Å². The summed E-state index contributed by atoms with van der Waals surface area (Å²) >= 11 is 7.58. The zero-order valence-electron chi connectivity index (χ0n) is 10.7. The fourth-order valence-electron chi connectivity index (χ4n) is 1.58. The second-order valence-corrected chi connectivity index (χ2v) is 5.62. The van der Waals surface area contributed by atoms with E-state index in [1.54, 1.807) is 42.4 Å². The van der Waals surface area contributed by atoms with Crippen molar-refractivity contribution in [1.29, 1.82) is 0 Å². The monoisotopic (exact) mass is 310 g/mol. The van der Waals surface area contributed by atoms with E-state index in [9.17, 15) is 4.79 Å². The number of aromatic nitrogens is 2. The number of hydrogen-bond acceptors (Lipinski definition) is 4. The van der Waals surface area contributed by atoms with Crippen molar-refractivity contribution < 1.29 is 4.79 Å².